The molecular formula is C24H31N6O3+. The minimum absolute atomic E-state index is 0.0866. The molecule has 3 aromatic rings. The van der Waals surface area contributed by atoms with Gasteiger partial charge in [-0.15, -0.1) is 5.10 Å². The van der Waals surface area contributed by atoms with Gasteiger partial charge in [-0.1, -0.05) is 42.8 Å². The molecule has 2 N–H and O–H groups in total. The molecule has 2 aliphatic rings. The van der Waals surface area contributed by atoms with Crippen molar-refractivity contribution in [1.82, 2.24) is 20.2 Å². The van der Waals surface area contributed by atoms with Gasteiger partial charge in [0.15, 0.2) is 5.54 Å². The van der Waals surface area contributed by atoms with Crippen LogP contribution < -0.4 is 10.2 Å². The van der Waals surface area contributed by atoms with Crippen molar-refractivity contribution in [3.63, 3.8) is 0 Å². The van der Waals surface area contributed by atoms with E-state index < -0.39 is 6.09 Å². The smallest absolute Gasteiger partial charge is 0.411 e. The molecular weight excluding hydrogens is 420 g/mol. The van der Waals surface area contributed by atoms with Crippen LogP contribution in [0.25, 0.3) is 10.8 Å². The highest BCUT2D eigenvalue weighted by atomic mass is 16.5. The van der Waals surface area contributed by atoms with Gasteiger partial charge in [-0.2, -0.15) is 0 Å². The fraction of sp³-hybridized carbons (Fsp3) is 0.500. The second-order valence-electron chi connectivity index (χ2n) is 8.87. The Bertz CT molecular complexity index is 1080. The van der Waals surface area contributed by atoms with Crippen molar-refractivity contribution in [2.45, 2.75) is 44.2 Å². The second-order valence-corrected chi connectivity index (χ2v) is 8.87. The van der Waals surface area contributed by atoms with Crippen molar-refractivity contribution in [3.8, 4) is 0 Å². The summed E-state index contributed by atoms with van der Waals surface area (Å²) in [5, 5.41) is 17.6. The number of morpholine rings is 1. The molecule has 0 spiro atoms. The molecule has 0 unspecified atom stereocenters. The number of nitrogens with zero attached hydrogens (tertiary/aromatic N) is 4. The number of amides is 1. The lowest BCUT2D eigenvalue weighted by atomic mass is 9.79. The van der Waals surface area contributed by atoms with E-state index in [0.29, 0.717) is 6.54 Å². The summed E-state index contributed by atoms with van der Waals surface area (Å²) in [7, 11) is 0. The monoisotopic (exact) mass is 451 g/mol. The van der Waals surface area contributed by atoms with E-state index in [1.54, 1.807) is 0 Å². The molecule has 174 valence electrons. The van der Waals surface area contributed by atoms with E-state index >= 15 is 0 Å². The van der Waals surface area contributed by atoms with Gasteiger partial charge in [-0.3, -0.25) is 5.32 Å². The maximum absolute atomic E-state index is 12.5. The molecule has 1 saturated heterocycles. The Balaban J connectivity index is 1.25. The standard InChI is InChI=1S/C24H30N6O3/c31-23(25-21-10-6-8-19-7-2-3-9-20(19)21)33-18-15-30-22(26-27-28-30)24(11-4-1-5-12-24)29-13-16-32-17-14-29/h2-3,6-10H,1,4-5,11-18H2,(H,25,31)/p+1. The number of ether oxygens (including phenoxy) is 2. The molecule has 1 saturated carbocycles. The third kappa shape index (κ3) is 4.56. The van der Waals surface area contributed by atoms with Gasteiger partial charge in [0.25, 0.3) is 0 Å². The summed E-state index contributed by atoms with van der Waals surface area (Å²) in [4.78, 5) is 14.0. The van der Waals surface area contributed by atoms with E-state index in [2.05, 4.69) is 20.8 Å². The summed E-state index contributed by atoms with van der Waals surface area (Å²) in [6.07, 6.45) is 5.29. The Hall–Kier alpha value is -3.04. The highest BCUT2D eigenvalue weighted by Crippen LogP contribution is 2.33. The summed E-state index contributed by atoms with van der Waals surface area (Å²) >= 11 is 0. The van der Waals surface area contributed by atoms with Gasteiger partial charge in [-0.25, -0.2) is 9.48 Å². The van der Waals surface area contributed by atoms with Crippen LogP contribution in [0.3, 0.4) is 0 Å². The number of benzene rings is 2. The number of hydrogen-bond donors (Lipinski definition) is 2. The first-order valence-corrected chi connectivity index (χ1v) is 11.9. The Kier molecular flexibility index (Phi) is 6.50. The van der Waals surface area contributed by atoms with Crippen LogP contribution >= 0.6 is 0 Å². The van der Waals surface area contributed by atoms with Gasteiger partial charge >= 0.3 is 6.09 Å². The maximum Gasteiger partial charge on any atom is 0.411 e. The van der Waals surface area contributed by atoms with E-state index in [1.165, 1.54) is 24.2 Å². The number of anilines is 1. The predicted molar refractivity (Wildman–Crippen MR) is 123 cm³/mol. The van der Waals surface area contributed by atoms with Gasteiger partial charge in [0, 0.05) is 18.2 Å². The van der Waals surface area contributed by atoms with Crippen molar-refractivity contribution >= 4 is 22.6 Å². The predicted octanol–water partition coefficient (Wildman–Crippen LogP) is 2.15. The lowest BCUT2D eigenvalue weighted by Crippen LogP contribution is -3.20. The normalized spacial score (nSPS) is 18.8. The first-order chi connectivity index (χ1) is 16.3. The van der Waals surface area contributed by atoms with E-state index in [9.17, 15) is 4.79 Å². The topological polar surface area (TPSA) is 95.6 Å². The van der Waals surface area contributed by atoms with E-state index in [4.69, 9.17) is 9.47 Å². The number of aromatic nitrogens is 4. The van der Waals surface area contributed by atoms with Gasteiger partial charge in [0.05, 0.1) is 25.4 Å². The van der Waals surface area contributed by atoms with Crippen LogP contribution in [0.15, 0.2) is 42.5 Å². The van der Waals surface area contributed by atoms with Crippen molar-refractivity contribution in [2.75, 3.05) is 38.2 Å². The molecule has 2 fully saturated rings. The summed E-state index contributed by atoms with van der Waals surface area (Å²) in [6.45, 7) is 4.11. The fourth-order valence-electron chi connectivity index (χ4n) is 5.39. The highest BCUT2D eigenvalue weighted by molar-refractivity contribution is 6.00. The molecule has 1 amide bonds. The number of rotatable bonds is 6. The van der Waals surface area contributed by atoms with Crippen LogP contribution in [0.4, 0.5) is 10.5 Å². The van der Waals surface area contributed by atoms with Crippen molar-refractivity contribution in [2.24, 2.45) is 0 Å². The van der Waals surface area contributed by atoms with Gasteiger partial charge in [-0.05, 0) is 34.7 Å². The van der Waals surface area contributed by atoms with Gasteiger partial charge in [0.2, 0.25) is 5.82 Å². The SMILES string of the molecule is O=C(Nc1cccc2ccccc12)OCCn1nnnc1C1([NH+]2CCOCC2)CCCCC1. The first-order valence-electron chi connectivity index (χ1n) is 11.9. The molecule has 33 heavy (non-hydrogen) atoms. The molecule has 0 radical (unpaired) electrons. The van der Waals surface area contributed by atoms with E-state index in [-0.39, 0.29) is 12.1 Å². The van der Waals surface area contributed by atoms with Gasteiger partial charge < -0.3 is 14.4 Å². The second kappa shape index (κ2) is 9.84. The van der Waals surface area contributed by atoms with Crippen molar-refractivity contribution in [3.05, 3.63) is 48.3 Å². The molecule has 1 aromatic heterocycles. The molecule has 0 bridgehead atoms. The van der Waals surface area contributed by atoms with Crippen LogP contribution in [-0.4, -0.2) is 59.2 Å². The summed E-state index contributed by atoms with van der Waals surface area (Å²) in [5.74, 6) is 0.914. The van der Waals surface area contributed by atoms with Crippen molar-refractivity contribution in [1.29, 1.82) is 0 Å². The van der Waals surface area contributed by atoms with E-state index in [0.717, 1.165) is 61.4 Å². The minimum atomic E-state index is -0.479. The van der Waals surface area contributed by atoms with Crippen LogP contribution in [0.2, 0.25) is 0 Å². The zero-order valence-electron chi connectivity index (χ0n) is 18.8. The molecule has 9 heteroatoms. The first kappa shape index (κ1) is 21.8. The number of nitrogens with one attached hydrogen (secondary N) is 2. The molecule has 2 heterocycles. The average Bonchev–Trinajstić information content (AvgIpc) is 3.34. The van der Waals surface area contributed by atoms with Crippen molar-refractivity contribution < 1.29 is 19.2 Å². The molecule has 1 aliphatic carbocycles. The molecule has 1 aliphatic heterocycles. The Morgan fingerprint density at radius 2 is 1.88 bits per heavy atom. The van der Waals surface area contributed by atoms with Crippen LogP contribution in [0.1, 0.15) is 37.9 Å². The molecule has 0 atom stereocenters. The molecule has 2 aromatic carbocycles. The fourth-order valence-corrected chi connectivity index (χ4v) is 5.39. The third-order valence-electron chi connectivity index (χ3n) is 7.00. The lowest BCUT2D eigenvalue weighted by molar-refractivity contribution is -0.970. The summed E-state index contributed by atoms with van der Waals surface area (Å²) in [6, 6.07) is 13.7. The lowest BCUT2D eigenvalue weighted by Gasteiger charge is -2.43. The van der Waals surface area contributed by atoms with Crippen LogP contribution in [0.5, 0.6) is 0 Å². The number of carbonyl (C=O) groups excluding carboxylic acids is 1. The van der Waals surface area contributed by atoms with Crippen LogP contribution in [-0.2, 0) is 21.6 Å². The van der Waals surface area contributed by atoms with Crippen LogP contribution in [0, 0.1) is 0 Å². The minimum Gasteiger partial charge on any atom is -0.447 e. The number of tetrazole rings is 1. The summed E-state index contributed by atoms with van der Waals surface area (Å²) in [5.41, 5.74) is 0.648. The Labute approximate surface area is 193 Å². The molecule has 9 nitrogen and oxygen atoms in total. The largest absolute Gasteiger partial charge is 0.447 e. The Morgan fingerprint density at radius 1 is 1.09 bits per heavy atom. The third-order valence-corrected chi connectivity index (χ3v) is 7.00. The Morgan fingerprint density at radius 3 is 2.73 bits per heavy atom. The molecule has 5 rings (SSSR count). The zero-order chi connectivity index (χ0) is 22.5. The summed E-state index contributed by atoms with van der Waals surface area (Å²) < 4.78 is 12.9. The van der Waals surface area contributed by atoms with E-state index in [1.807, 2.05) is 47.1 Å². The highest BCUT2D eigenvalue weighted by Gasteiger charge is 2.48. The maximum atomic E-state index is 12.5. The zero-order valence-corrected chi connectivity index (χ0v) is 18.8. The number of hydrogen-bond acceptors (Lipinski definition) is 6. The number of fused-ring (bicyclic) bond motifs is 1. The number of carbonyl (C=O) groups is 1. The quantitative estimate of drug-likeness (QED) is 0.596. The number of quaternary nitrogens is 1. The average molecular weight is 452 g/mol. The van der Waals surface area contributed by atoms with Gasteiger partial charge in [0.1, 0.15) is 19.7 Å².